The van der Waals surface area contributed by atoms with Crippen molar-refractivity contribution >= 4 is 51.6 Å². The number of hydrogen-bond donors (Lipinski definition) is 3. The van der Waals surface area contributed by atoms with Gasteiger partial charge in [0.25, 0.3) is 10.1 Å². The van der Waals surface area contributed by atoms with E-state index in [-0.39, 0.29) is 54.2 Å². The molecule has 0 bridgehead atoms. The van der Waals surface area contributed by atoms with Gasteiger partial charge in [-0.2, -0.15) is 8.42 Å². The number of carboxylic acid groups (broad SMARTS) is 2. The van der Waals surface area contributed by atoms with E-state index < -0.39 is 39.1 Å². The van der Waals surface area contributed by atoms with Gasteiger partial charge in [0, 0.05) is 0 Å². The van der Waals surface area contributed by atoms with Crippen LogP contribution in [0.5, 0.6) is 0 Å². The van der Waals surface area contributed by atoms with Crippen molar-refractivity contribution < 1.29 is 32.8 Å². The fourth-order valence-electron chi connectivity index (χ4n) is 2.41. The molecule has 0 aliphatic heterocycles. The normalized spacial score (nSPS) is 15.8. The van der Waals surface area contributed by atoms with E-state index in [1.165, 1.54) is 0 Å². The second-order valence-electron chi connectivity index (χ2n) is 6.46. The Labute approximate surface area is 159 Å². The van der Waals surface area contributed by atoms with Crippen LogP contribution >= 0.6 is 0 Å². The third-order valence-corrected chi connectivity index (χ3v) is 5.39. The summed E-state index contributed by atoms with van der Waals surface area (Å²) in [6.45, 7) is 7.17. The van der Waals surface area contributed by atoms with Crippen LogP contribution in [0, 0.1) is 17.8 Å². The minimum absolute atomic E-state index is 0. The number of carboxylic acids is 2. The Kier molecular flexibility index (Phi) is 10.9. The predicted molar refractivity (Wildman–Crippen MR) is 88.3 cm³/mol. The Morgan fingerprint density at radius 1 is 0.957 bits per heavy atom. The zero-order chi connectivity index (χ0) is 17.7. The summed E-state index contributed by atoms with van der Waals surface area (Å²) in [5.74, 6) is -4.97. The average Bonchev–Trinajstić information content (AvgIpc) is 2.29. The fourth-order valence-corrected chi connectivity index (χ4v) is 3.58. The van der Waals surface area contributed by atoms with Crippen LogP contribution in [0.3, 0.4) is 0 Å². The summed E-state index contributed by atoms with van der Waals surface area (Å²) in [5.41, 5.74) is 0. The van der Waals surface area contributed by atoms with Crippen molar-refractivity contribution in [1.82, 2.24) is 0 Å². The molecule has 132 valence electrons. The van der Waals surface area contributed by atoms with E-state index in [0.29, 0.717) is 6.42 Å². The molecular formula is C14H27NaO7S. The van der Waals surface area contributed by atoms with E-state index in [1.54, 1.807) is 13.8 Å². The Hall–Kier alpha value is -0.150. The van der Waals surface area contributed by atoms with E-state index in [2.05, 4.69) is 0 Å². The van der Waals surface area contributed by atoms with Gasteiger partial charge in [-0.15, -0.1) is 0 Å². The second-order valence-corrected chi connectivity index (χ2v) is 8.14. The molecule has 2 atom stereocenters. The van der Waals surface area contributed by atoms with Gasteiger partial charge in [-0.1, -0.05) is 34.1 Å². The van der Waals surface area contributed by atoms with Gasteiger partial charge in [0.2, 0.25) is 4.75 Å². The van der Waals surface area contributed by atoms with Gasteiger partial charge in [-0.25, -0.2) is 0 Å². The van der Waals surface area contributed by atoms with Crippen molar-refractivity contribution in [3.8, 4) is 0 Å². The molecule has 0 rings (SSSR count). The number of aliphatic carboxylic acids is 2. The predicted octanol–water partition coefficient (Wildman–Crippen LogP) is 1.62. The first kappa shape index (κ1) is 25.1. The summed E-state index contributed by atoms with van der Waals surface area (Å²) >= 11 is 0. The molecule has 0 amide bonds. The van der Waals surface area contributed by atoms with Gasteiger partial charge in [-0.05, 0) is 31.1 Å². The molecule has 0 fully saturated rings. The molecule has 0 radical (unpaired) electrons. The molecule has 23 heavy (non-hydrogen) atoms. The van der Waals surface area contributed by atoms with Crippen LogP contribution in [0.4, 0.5) is 0 Å². The summed E-state index contributed by atoms with van der Waals surface area (Å²) in [4.78, 5) is 23.2. The van der Waals surface area contributed by atoms with Crippen LogP contribution in [0.15, 0.2) is 0 Å². The number of rotatable bonds is 10. The number of hydrogen-bond acceptors (Lipinski definition) is 4. The molecule has 0 aromatic carbocycles. The van der Waals surface area contributed by atoms with Gasteiger partial charge >= 0.3 is 41.5 Å². The SMILES string of the molecule is CC(C)CCC(C(=O)O)C(CCC(C)C)(C(=O)O)S(=O)(=O)O.[NaH]. The van der Waals surface area contributed by atoms with E-state index in [4.69, 9.17) is 0 Å². The van der Waals surface area contributed by atoms with Crippen LogP contribution < -0.4 is 0 Å². The van der Waals surface area contributed by atoms with E-state index in [0.717, 1.165) is 0 Å². The molecule has 0 aromatic rings. The first-order chi connectivity index (χ1) is 9.86. The third kappa shape index (κ3) is 6.70. The molecule has 0 saturated carbocycles. The quantitative estimate of drug-likeness (QED) is 0.398. The molecule has 0 spiro atoms. The van der Waals surface area contributed by atoms with Crippen molar-refractivity contribution in [3.05, 3.63) is 0 Å². The molecular weight excluding hydrogens is 335 g/mol. The summed E-state index contributed by atoms with van der Waals surface area (Å²) in [5, 5.41) is 18.8. The van der Waals surface area contributed by atoms with Gasteiger partial charge in [0.1, 0.15) is 0 Å². The first-order valence-corrected chi connectivity index (χ1v) is 8.73. The average molecular weight is 362 g/mol. The van der Waals surface area contributed by atoms with Crippen LogP contribution in [0.25, 0.3) is 0 Å². The van der Waals surface area contributed by atoms with Gasteiger partial charge in [-0.3, -0.25) is 14.1 Å². The Balaban J connectivity index is 0. The van der Waals surface area contributed by atoms with Crippen LogP contribution in [-0.4, -0.2) is 69.4 Å². The maximum atomic E-state index is 11.8. The molecule has 0 aliphatic rings. The van der Waals surface area contributed by atoms with Crippen molar-refractivity contribution in [2.45, 2.75) is 58.1 Å². The third-order valence-electron chi connectivity index (χ3n) is 3.81. The summed E-state index contributed by atoms with van der Waals surface area (Å²) in [6, 6.07) is 0. The van der Waals surface area contributed by atoms with E-state index >= 15 is 0 Å². The molecule has 7 nitrogen and oxygen atoms in total. The molecule has 0 heterocycles. The van der Waals surface area contributed by atoms with Crippen molar-refractivity contribution in [1.29, 1.82) is 0 Å². The van der Waals surface area contributed by atoms with Gasteiger partial charge < -0.3 is 10.2 Å². The molecule has 0 aliphatic carbocycles. The van der Waals surface area contributed by atoms with E-state index in [9.17, 15) is 32.8 Å². The fraction of sp³-hybridized carbons (Fsp3) is 0.857. The molecule has 3 N–H and O–H groups in total. The zero-order valence-electron chi connectivity index (χ0n) is 13.4. The van der Waals surface area contributed by atoms with Crippen molar-refractivity contribution in [2.75, 3.05) is 0 Å². The molecule has 0 saturated heterocycles. The summed E-state index contributed by atoms with van der Waals surface area (Å²) < 4.78 is 30.4. The van der Waals surface area contributed by atoms with Crippen LogP contribution in [0.2, 0.25) is 0 Å². The minimum atomic E-state index is -5.09. The summed E-state index contributed by atoms with van der Waals surface area (Å²) in [7, 11) is -5.09. The van der Waals surface area contributed by atoms with Crippen LogP contribution in [-0.2, 0) is 19.7 Å². The molecule has 2 unspecified atom stereocenters. The van der Waals surface area contributed by atoms with Crippen molar-refractivity contribution in [3.63, 3.8) is 0 Å². The maximum absolute atomic E-state index is 11.8. The van der Waals surface area contributed by atoms with E-state index in [1.807, 2.05) is 13.8 Å². The molecule has 9 heteroatoms. The molecule has 0 aromatic heterocycles. The Morgan fingerprint density at radius 2 is 1.39 bits per heavy atom. The topological polar surface area (TPSA) is 129 Å². The Bertz CT molecular complexity index is 501. The van der Waals surface area contributed by atoms with Crippen LogP contribution in [0.1, 0.15) is 53.4 Å². The summed E-state index contributed by atoms with van der Waals surface area (Å²) in [6.07, 6.45) is -0.0359. The van der Waals surface area contributed by atoms with Crippen molar-refractivity contribution in [2.24, 2.45) is 17.8 Å². The standard InChI is InChI=1S/C14H26O7S.Na.H/c1-9(2)5-6-11(12(15)16)14(13(17)18,22(19,20)21)8-7-10(3)4;;/h9-11H,5-8H2,1-4H3,(H,15,16)(H,17,18)(H,19,20,21);;. The number of carbonyl (C=O) groups is 2. The van der Waals surface area contributed by atoms with Gasteiger partial charge in [0.05, 0.1) is 5.92 Å². The second kappa shape index (κ2) is 9.98. The first-order valence-electron chi connectivity index (χ1n) is 7.29. The van der Waals surface area contributed by atoms with Gasteiger partial charge in [0.15, 0.2) is 0 Å². The Morgan fingerprint density at radius 3 is 1.65 bits per heavy atom. The zero-order valence-corrected chi connectivity index (χ0v) is 14.3. The monoisotopic (exact) mass is 362 g/mol.